The minimum absolute atomic E-state index is 0.376. The number of aliphatic carboxylic acids is 2. The molecule has 0 spiro atoms. The molecule has 1 atom stereocenters. The zero-order valence-electron chi connectivity index (χ0n) is 7.84. The summed E-state index contributed by atoms with van der Waals surface area (Å²) in [4.78, 5) is 21.4. The highest BCUT2D eigenvalue weighted by atomic mass is 32.1. The second kappa shape index (κ2) is 4.54. The van der Waals surface area contributed by atoms with Crippen LogP contribution in [-0.2, 0) is 9.59 Å². The summed E-state index contributed by atoms with van der Waals surface area (Å²) in [7, 11) is 0. The molecule has 0 saturated heterocycles. The molecule has 5 nitrogen and oxygen atoms in total. The predicted molar refractivity (Wildman–Crippen MR) is 56.8 cm³/mol. The van der Waals surface area contributed by atoms with Gasteiger partial charge in [-0.25, -0.2) is 4.79 Å². The number of thiazole rings is 1. The van der Waals surface area contributed by atoms with Crippen LogP contribution in [0.4, 0.5) is 0 Å². The largest absolute Gasteiger partial charge is 0.481 e. The van der Waals surface area contributed by atoms with E-state index in [0.29, 0.717) is 9.65 Å². The van der Waals surface area contributed by atoms with Crippen molar-refractivity contribution in [1.82, 2.24) is 4.57 Å². The molecule has 0 fully saturated rings. The fourth-order valence-corrected chi connectivity index (χ4v) is 2.41. The van der Waals surface area contributed by atoms with Gasteiger partial charge in [0.05, 0.1) is 6.42 Å². The summed E-state index contributed by atoms with van der Waals surface area (Å²) in [5, 5.41) is 19.2. The van der Waals surface area contributed by atoms with Gasteiger partial charge in [0, 0.05) is 11.1 Å². The Hall–Kier alpha value is -1.21. The third-order valence-electron chi connectivity index (χ3n) is 1.87. The van der Waals surface area contributed by atoms with Gasteiger partial charge in [0.15, 0.2) is 3.95 Å². The average molecular weight is 247 g/mol. The normalized spacial score (nSPS) is 12.3. The standard InChI is InChI=1S/C8H9NO4S2/c1-4-3-15-8(14)9(4)5(7(12)13)2-6(10)11/h3,5H,2H2,1H3,(H,10,11)(H,12,13). The third-order valence-corrected chi connectivity index (χ3v) is 3.21. The quantitative estimate of drug-likeness (QED) is 0.791. The van der Waals surface area contributed by atoms with Crippen molar-refractivity contribution in [2.24, 2.45) is 0 Å². The number of nitrogens with zero attached hydrogens (tertiary/aromatic N) is 1. The lowest BCUT2D eigenvalue weighted by Crippen LogP contribution is -2.23. The Labute approximate surface area is 94.6 Å². The molecule has 0 aliphatic rings. The molecule has 2 N–H and O–H groups in total. The van der Waals surface area contributed by atoms with Gasteiger partial charge in [0.1, 0.15) is 6.04 Å². The fourth-order valence-electron chi connectivity index (χ4n) is 1.22. The summed E-state index contributed by atoms with van der Waals surface area (Å²) in [5.74, 6) is -2.34. The van der Waals surface area contributed by atoms with E-state index in [1.165, 1.54) is 15.9 Å². The number of carboxylic acid groups (broad SMARTS) is 2. The zero-order valence-corrected chi connectivity index (χ0v) is 9.47. The van der Waals surface area contributed by atoms with Crippen LogP contribution in [-0.4, -0.2) is 26.7 Å². The van der Waals surface area contributed by atoms with Crippen LogP contribution in [0.25, 0.3) is 0 Å². The summed E-state index contributed by atoms with van der Waals surface area (Å²) >= 11 is 6.17. The number of hydrogen-bond donors (Lipinski definition) is 2. The lowest BCUT2D eigenvalue weighted by atomic mass is 10.2. The fraction of sp³-hybridized carbons (Fsp3) is 0.375. The van der Waals surface area contributed by atoms with Crippen molar-refractivity contribution >= 4 is 35.5 Å². The van der Waals surface area contributed by atoms with Gasteiger partial charge in [-0.05, 0) is 19.1 Å². The summed E-state index contributed by atoms with van der Waals surface area (Å²) in [6, 6.07) is -1.12. The Balaban J connectivity index is 3.15. The van der Waals surface area contributed by atoms with Gasteiger partial charge in [-0.1, -0.05) is 0 Å². The van der Waals surface area contributed by atoms with Crippen LogP contribution >= 0.6 is 23.6 Å². The molecule has 1 rings (SSSR count). The Kier molecular flexibility index (Phi) is 3.59. The zero-order chi connectivity index (χ0) is 11.6. The van der Waals surface area contributed by atoms with Crippen molar-refractivity contribution in [1.29, 1.82) is 0 Å². The first-order valence-electron chi connectivity index (χ1n) is 4.04. The second-order valence-corrected chi connectivity index (χ2v) is 4.47. The highest BCUT2D eigenvalue weighted by molar-refractivity contribution is 7.73. The van der Waals surface area contributed by atoms with E-state index >= 15 is 0 Å². The molecule has 1 unspecified atom stereocenters. The van der Waals surface area contributed by atoms with Gasteiger partial charge in [0.25, 0.3) is 0 Å². The Bertz CT molecular complexity index is 448. The summed E-state index contributed by atoms with van der Waals surface area (Å²) < 4.78 is 1.73. The SMILES string of the molecule is Cc1csc(=S)n1C(CC(=O)O)C(=O)O. The molecule has 7 heteroatoms. The van der Waals surface area contributed by atoms with Crippen molar-refractivity contribution in [2.75, 3.05) is 0 Å². The topological polar surface area (TPSA) is 79.5 Å². The van der Waals surface area contributed by atoms with E-state index in [1.54, 1.807) is 12.3 Å². The van der Waals surface area contributed by atoms with Gasteiger partial charge >= 0.3 is 11.9 Å². The van der Waals surface area contributed by atoms with Crippen LogP contribution < -0.4 is 0 Å². The second-order valence-electron chi connectivity index (χ2n) is 2.96. The summed E-state index contributed by atoms with van der Waals surface area (Å²) in [6.07, 6.45) is -0.471. The smallest absolute Gasteiger partial charge is 0.327 e. The number of carbonyl (C=O) groups is 2. The number of rotatable bonds is 4. The van der Waals surface area contributed by atoms with E-state index in [2.05, 4.69) is 0 Å². The molecule has 0 bridgehead atoms. The first kappa shape index (κ1) is 11.9. The lowest BCUT2D eigenvalue weighted by molar-refractivity contribution is -0.147. The van der Waals surface area contributed by atoms with Crippen LogP contribution in [0.2, 0.25) is 0 Å². The van der Waals surface area contributed by atoms with E-state index < -0.39 is 24.4 Å². The molecule has 0 saturated carbocycles. The van der Waals surface area contributed by atoms with Crippen LogP contribution in [0, 0.1) is 10.9 Å². The Morgan fingerprint density at radius 2 is 2.20 bits per heavy atom. The molecule has 0 amide bonds. The average Bonchev–Trinajstić information content (AvgIpc) is 2.42. The first-order chi connectivity index (χ1) is 6.93. The number of aryl methyl sites for hydroxylation is 1. The highest BCUT2D eigenvalue weighted by Gasteiger charge is 2.24. The number of aromatic nitrogens is 1. The van der Waals surface area contributed by atoms with E-state index in [1.807, 2.05) is 0 Å². The molecule has 0 aliphatic carbocycles. The van der Waals surface area contributed by atoms with Crippen LogP contribution in [0.3, 0.4) is 0 Å². The Morgan fingerprint density at radius 1 is 1.60 bits per heavy atom. The van der Waals surface area contributed by atoms with E-state index in [0.717, 1.165) is 0 Å². The predicted octanol–water partition coefficient (Wildman–Crippen LogP) is 1.69. The molecule has 0 aliphatic heterocycles. The molecule has 1 aromatic rings. The van der Waals surface area contributed by atoms with Crippen LogP contribution in [0.5, 0.6) is 0 Å². The third kappa shape index (κ3) is 2.63. The molecular formula is C8H9NO4S2. The maximum atomic E-state index is 10.9. The van der Waals surface area contributed by atoms with Crippen LogP contribution in [0.15, 0.2) is 5.38 Å². The maximum Gasteiger partial charge on any atom is 0.327 e. The molecule has 0 aromatic carbocycles. The molecule has 1 heterocycles. The minimum atomic E-state index is -1.19. The van der Waals surface area contributed by atoms with Gasteiger partial charge < -0.3 is 14.8 Å². The van der Waals surface area contributed by atoms with Gasteiger partial charge in [-0.3, -0.25) is 4.79 Å². The number of carboxylic acids is 2. The monoisotopic (exact) mass is 247 g/mol. The first-order valence-corrected chi connectivity index (χ1v) is 5.33. The van der Waals surface area contributed by atoms with E-state index in [9.17, 15) is 9.59 Å². The Morgan fingerprint density at radius 3 is 2.53 bits per heavy atom. The van der Waals surface area contributed by atoms with Crippen LogP contribution in [0.1, 0.15) is 18.2 Å². The van der Waals surface area contributed by atoms with Gasteiger partial charge in [0.2, 0.25) is 0 Å². The van der Waals surface area contributed by atoms with Crippen molar-refractivity contribution in [3.63, 3.8) is 0 Å². The molecule has 82 valence electrons. The highest BCUT2D eigenvalue weighted by Crippen LogP contribution is 2.20. The van der Waals surface area contributed by atoms with E-state index in [-0.39, 0.29) is 0 Å². The number of hydrogen-bond acceptors (Lipinski definition) is 4. The molecule has 15 heavy (non-hydrogen) atoms. The van der Waals surface area contributed by atoms with Crippen molar-refractivity contribution in [3.05, 3.63) is 15.0 Å². The lowest BCUT2D eigenvalue weighted by Gasteiger charge is -2.13. The molecule has 1 aromatic heterocycles. The van der Waals surface area contributed by atoms with Crippen molar-refractivity contribution in [3.8, 4) is 0 Å². The summed E-state index contributed by atoms with van der Waals surface area (Å²) in [5.41, 5.74) is 0.665. The molecular weight excluding hydrogens is 238 g/mol. The summed E-state index contributed by atoms with van der Waals surface area (Å²) in [6.45, 7) is 1.70. The van der Waals surface area contributed by atoms with Gasteiger partial charge in [-0.2, -0.15) is 0 Å². The van der Waals surface area contributed by atoms with Crippen molar-refractivity contribution in [2.45, 2.75) is 19.4 Å². The van der Waals surface area contributed by atoms with Crippen molar-refractivity contribution < 1.29 is 19.8 Å². The maximum absolute atomic E-state index is 10.9. The van der Waals surface area contributed by atoms with Gasteiger partial charge in [-0.15, -0.1) is 11.3 Å². The molecule has 0 radical (unpaired) electrons. The van der Waals surface area contributed by atoms with E-state index in [4.69, 9.17) is 22.4 Å². The minimum Gasteiger partial charge on any atom is -0.481 e.